The molecule has 0 aromatic heterocycles. The maximum absolute atomic E-state index is 11.9. The van der Waals surface area contributed by atoms with Crippen molar-refractivity contribution in [1.82, 2.24) is 15.5 Å². The Morgan fingerprint density at radius 3 is 2.67 bits per heavy atom. The molecule has 0 aromatic rings. The molecule has 5 heteroatoms. The molecule has 2 atom stereocenters. The molecule has 0 spiro atoms. The molecule has 5 nitrogen and oxygen atoms in total. The van der Waals surface area contributed by atoms with Gasteiger partial charge < -0.3 is 15.5 Å². The highest BCUT2D eigenvalue weighted by Crippen LogP contribution is 2.15. The van der Waals surface area contributed by atoms with Crippen LogP contribution < -0.4 is 10.6 Å². The van der Waals surface area contributed by atoms with Crippen molar-refractivity contribution in [3.8, 4) is 0 Å². The first-order chi connectivity index (χ1) is 8.68. The molecule has 2 aliphatic rings. The third kappa shape index (κ3) is 3.22. The third-order valence-electron chi connectivity index (χ3n) is 3.96. The minimum Gasteiger partial charge on any atom is -0.355 e. The maximum atomic E-state index is 11.9. The highest BCUT2D eigenvalue weighted by molar-refractivity contribution is 5.81. The maximum Gasteiger partial charge on any atom is 0.224 e. The number of nitrogens with zero attached hydrogens (tertiary/aromatic N) is 1. The summed E-state index contributed by atoms with van der Waals surface area (Å²) >= 11 is 0. The molecule has 2 saturated heterocycles. The standard InChI is InChI=1S/C13H23N3O2/c1-10-11(4-6-14-10)13(18)15-7-5-12(17)16-8-2-3-9-16/h10-11,14H,2-9H2,1H3,(H,15,18). The van der Waals surface area contributed by atoms with E-state index >= 15 is 0 Å². The Hall–Kier alpha value is -1.10. The zero-order valence-electron chi connectivity index (χ0n) is 11.1. The SMILES string of the molecule is CC1NCCC1C(=O)NCCC(=O)N1CCCC1. The minimum atomic E-state index is 0.0619. The summed E-state index contributed by atoms with van der Waals surface area (Å²) in [6.45, 7) is 5.18. The number of nitrogens with one attached hydrogen (secondary N) is 2. The van der Waals surface area contributed by atoms with Crippen LogP contribution in [0.3, 0.4) is 0 Å². The van der Waals surface area contributed by atoms with Gasteiger partial charge in [0.1, 0.15) is 0 Å². The molecule has 2 fully saturated rings. The van der Waals surface area contributed by atoms with Crippen molar-refractivity contribution >= 4 is 11.8 Å². The van der Waals surface area contributed by atoms with E-state index in [1.165, 1.54) is 0 Å². The first kappa shape index (κ1) is 13.3. The second kappa shape index (κ2) is 6.18. The van der Waals surface area contributed by atoms with Gasteiger partial charge in [0.15, 0.2) is 0 Å². The van der Waals surface area contributed by atoms with Crippen molar-refractivity contribution in [1.29, 1.82) is 0 Å². The summed E-state index contributed by atoms with van der Waals surface area (Å²) in [5, 5.41) is 6.14. The van der Waals surface area contributed by atoms with Crippen LogP contribution in [-0.4, -0.2) is 48.9 Å². The Bertz CT molecular complexity index is 313. The second-order valence-corrected chi connectivity index (χ2v) is 5.27. The van der Waals surface area contributed by atoms with Gasteiger partial charge in [-0.2, -0.15) is 0 Å². The quantitative estimate of drug-likeness (QED) is 0.748. The van der Waals surface area contributed by atoms with Gasteiger partial charge in [-0.25, -0.2) is 0 Å². The number of carbonyl (C=O) groups is 2. The Morgan fingerprint density at radius 2 is 2.06 bits per heavy atom. The van der Waals surface area contributed by atoms with E-state index in [1.807, 2.05) is 11.8 Å². The van der Waals surface area contributed by atoms with Crippen molar-refractivity contribution in [2.75, 3.05) is 26.2 Å². The van der Waals surface area contributed by atoms with E-state index in [9.17, 15) is 9.59 Å². The topological polar surface area (TPSA) is 61.4 Å². The molecule has 2 heterocycles. The zero-order valence-corrected chi connectivity index (χ0v) is 11.1. The molecule has 18 heavy (non-hydrogen) atoms. The highest BCUT2D eigenvalue weighted by atomic mass is 16.2. The van der Waals surface area contributed by atoms with Gasteiger partial charge in [-0.05, 0) is 32.7 Å². The van der Waals surface area contributed by atoms with Crippen LogP contribution in [0.25, 0.3) is 0 Å². The van der Waals surface area contributed by atoms with Crippen LogP contribution in [0.15, 0.2) is 0 Å². The van der Waals surface area contributed by atoms with Crippen LogP contribution in [0, 0.1) is 5.92 Å². The summed E-state index contributed by atoms with van der Waals surface area (Å²) in [6, 6.07) is 0.249. The molecule has 0 saturated carbocycles. The lowest BCUT2D eigenvalue weighted by Gasteiger charge is -2.17. The van der Waals surface area contributed by atoms with E-state index in [-0.39, 0.29) is 23.8 Å². The second-order valence-electron chi connectivity index (χ2n) is 5.27. The summed E-state index contributed by atoms with van der Waals surface area (Å²) in [5.74, 6) is 0.319. The van der Waals surface area contributed by atoms with Crippen LogP contribution in [-0.2, 0) is 9.59 Å². The van der Waals surface area contributed by atoms with Crippen LogP contribution in [0.5, 0.6) is 0 Å². The van der Waals surface area contributed by atoms with Gasteiger partial charge in [0.2, 0.25) is 11.8 Å². The van der Waals surface area contributed by atoms with Crippen molar-refractivity contribution in [2.45, 2.75) is 38.6 Å². The van der Waals surface area contributed by atoms with Gasteiger partial charge in [-0.3, -0.25) is 9.59 Å². The van der Waals surface area contributed by atoms with Crippen LogP contribution in [0.4, 0.5) is 0 Å². The fourth-order valence-corrected chi connectivity index (χ4v) is 2.77. The molecule has 0 aromatic carbocycles. The van der Waals surface area contributed by atoms with Gasteiger partial charge >= 0.3 is 0 Å². The number of hydrogen-bond acceptors (Lipinski definition) is 3. The molecule has 2 aliphatic heterocycles. The first-order valence-electron chi connectivity index (χ1n) is 6.97. The molecular formula is C13H23N3O2. The van der Waals surface area contributed by atoms with Crippen molar-refractivity contribution in [3.05, 3.63) is 0 Å². The van der Waals surface area contributed by atoms with E-state index in [1.54, 1.807) is 0 Å². The minimum absolute atomic E-state index is 0.0619. The van der Waals surface area contributed by atoms with Crippen LogP contribution >= 0.6 is 0 Å². The van der Waals surface area contributed by atoms with E-state index < -0.39 is 0 Å². The average molecular weight is 253 g/mol. The highest BCUT2D eigenvalue weighted by Gasteiger charge is 2.29. The Kier molecular flexibility index (Phi) is 4.58. The Labute approximate surface area is 108 Å². The summed E-state index contributed by atoms with van der Waals surface area (Å²) in [4.78, 5) is 25.6. The first-order valence-corrected chi connectivity index (χ1v) is 6.97. The lowest BCUT2D eigenvalue weighted by Crippen LogP contribution is -2.38. The van der Waals surface area contributed by atoms with Gasteiger partial charge in [0.05, 0.1) is 5.92 Å². The summed E-state index contributed by atoms with van der Waals surface area (Å²) < 4.78 is 0. The Morgan fingerprint density at radius 1 is 1.33 bits per heavy atom. The molecule has 0 aliphatic carbocycles. The van der Waals surface area contributed by atoms with Gasteiger partial charge in [-0.15, -0.1) is 0 Å². The van der Waals surface area contributed by atoms with E-state index in [2.05, 4.69) is 10.6 Å². The van der Waals surface area contributed by atoms with Crippen LogP contribution in [0.1, 0.15) is 32.6 Å². The average Bonchev–Trinajstić information content (AvgIpc) is 2.99. The number of amides is 2. The fraction of sp³-hybridized carbons (Fsp3) is 0.846. The monoisotopic (exact) mass is 253 g/mol. The zero-order chi connectivity index (χ0) is 13.0. The lowest BCUT2D eigenvalue weighted by atomic mass is 10.0. The van der Waals surface area contributed by atoms with E-state index in [0.29, 0.717) is 13.0 Å². The lowest BCUT2D eigenvalue weighted by molar-refractivity contribution is -0.130. The van der Waals surface area contributed by atoms with E-state index in [4.69, 9.17) is 0 Å². The number of carbonyl (C=O) groups excluding carboxylic acids is 2. The summed E-state index contributed by atoms with van der Waals surface area (Å²) in [7, 11) is 0. The van der Waals surface area contributed by atoms with E-state index in [0.717, 1.165) is 38.9 Å². The molecule has 2 rings (SSSR count). The molecule has 2 N–H and O–H groups in total. The van der Waals surface area contributed by atoms with Gasteiger partial charge in [-0.1, -0.05) is 0 Å². The number of likely N-dealkylation sites (tertiary alicyclic amines) is 1. The van der Waals surface area contributed by atoms with Crippen molar-refractivity contribution in [2.24, 2.45) is 5.92 Å². The van der Waals surface area contributed by atoms with Crippen LogP contribution in [0.2, 0.25) is 0 Å². The fourth-order valence-electron chi connectivity index (χ4n) is 2.77. The molecule has 0 radical (unpaired) electrons. The van der Waals surface area contributed by atoms with Gasteiger partial charge in [0.25, 0.3) is 0 Å². The summed E-state index contributed by atoms with van der Waals surface area (Å²) in [5.41, 5.74) is 0. The number of hydrogen-bond donors (Lipinski definition) is 2. The molecule has 2 amide bonds. The van der Waals surface area contributed by atoms with Gasteiger partial charge in [0, 0.05) is 32.1 Å². The Balaban J connectivity index is 1.65. The van der Waals surface area contributed by atoms with Crippen molar-refractivity contribution in [3.63, 3.8) is 0 Å². The third-order valence-corrected chi connectivity index (χ3v) is 3.96. The molecule has 102 valence electrons. The normalized spacial score (nSPS) is 27.5. The smallest absolute Gasteiger partial charge is 0.224 e. The molecule has 0 bridgehead atoms. The predicted molar refractivity (Wildman–Crippen MR) is 69.0 cm³/mol. The molecule has 2 unspecified atom stereocenters. The summed E-state index contributed by atoms with van der Waals surface area (Å²) in [6.07, 6.45) is 3.56. The predicted octanol–water partition coefficient (Wildman–Crippen LogP) is 0.113. The largest absolute Gasteiger partial charge is 0.355 e. The van der Waals surface area contributed by atoms with Crippen molar-refractivity contribution < 1.29 is 9.59 Å². The number of rotatable bonds is 4. The molecular weight excluding hydrogens is 230 g/mol.